The summed E-state index contributed by atoms with van der Waals surface area (Å²) in [7, 11) is 0. The van der Waals surface area contributed by atoms with Gasteiger partial charge in [0.2, 0.25) is 0 Å². The highest BCUT2D eigenvalue weighted by atomic mass is 32.1. The molecule has 0 saturated carbocycles. The van der Waals surface area contributed by atoms with Gasteiger partial charge < -0.3 is 11.1 Å². The zero-order valence-corrected chi connectivity index (χ0v) is 11.8. The van der Waals surface area contributed by atoms with Crippen LogP contribution >= 0.6 is 12.2 Å². The topological polar surface area (TPSA) is 50.9 Å². The van der Waals surface area contributed by atoms with E-state index in [1.165, 1.54) is 0 Å². The van der Waals surface area contributed by atoms with Crippen LogP contribution in [0.1, 0.15) is 44.7 Å². The van der Waals surface area contributed by atoms with Gasteiger partial charge in [0.05, 0.1) is 5.56 Å². The fraction of sp³-hybridized carbons (Fsp3) is 0.538. The molecule has 17 heavy (non-hydrogen) atoms. The Kier molecular flexibility index (Phi) is 4.46. The SMILES string of the molecule is CCC(C)(CC)Nc1nccc(C)c1C(N)=S. The molecule has 0 aliphatic rings. The van der Waals surface area contributed by atoms with Gasteiger partial charge in [-0.25, -0.2) is 4.98 Å². The van der Waals surface area contributed by atoms with E-state index in [9.17, 15) is 0 Å². The Balaban J connectivity index is 3.15. The lowest BCUT2D eigenvalue weighted by Gasteiger charge is -2.30. The minimum Gasteiger partial charge on any atom is -0.389 e. The van der Waals surface area contributed by atoms with Gasteiger partial charge >= 0.3 is 0 Å². The van der Waals surface area contributed by atoms with E-state index < -0.39 is 0 Å². The summed E-state index contributed by atoms with van der Waals surface area (Å²) in [6.07, 6.45) is 3.83. The lowest BCUT2D eigenvalue weighted by atomic mass is 9.95. The number of nitrogens with zero attached hydrogens (tertiary/aromatic N) is 1. The van der Waals surface area contributed by atoms with Crippen LogP contribution in [0.3, 0.4) is 0 Å². The molecule has 1 aromatic rings. The number of aryl methyl sites for hydroxylation is 1. The molecule has 0 amide bonds. The van der Waals surface area contributed by atoms with Crippen molar-refractivity contribution in [2.24, 2.45) is 5.73 Å². The number of aromatic nitrogens is 1. The highest BCUT2D eigenvalue weighted by molar-refractivity contribution is 7.80. The highest BCUT2D eigenvalue weighted by Gasteiger charge is 2.22. The minimum absolute atomic E-state index is 0.0281. The molecule has 0 atom stereocenters. The molecule has 4 heteroatoms. The monoisotopic (exact) mass is 251 g/mol. The molecule has 0 bridgehead atoms. The Morgan fingerprint density at radius 1 is 1.47 bits per heavy atom. The summed E-state index contributed by atoms with van der Waals surface area (Å²) in [5.41, 5.74) is 7.71. The van der Waals surface area contributed by atoms with Gasteiger partial charge in [-0.3, -0.25) is 0 Å². The molecule has 1 heterocycles. The van der Waals surface area contributed by atoms with Gasteiger partial charge in [-0.05, 0) is 38.3 Å². The Morgan fingerprint density at radius 3 is 2.53 bits per heavy atom. The Bertz CT molecular complexity index is 411. The molecule has 0 aliphatic carbocycles. The molecule has 1 rings (SSSR count). The molecule has 3 N–H and O–H groups in total. The molecule has 0 saturated heterocycles. The van der Waals surface area contributed by atoms with Gasteiger partial charge in [0.15, 0.2) is 0 Å². The van der Waals surface area contributed by atoms with Crippen molar-refractivity contribution in [3.63, 3.8) is 0 Å². The summed E-state index contributed by atoms with van der Waals surface area (Å²) < 4.78 is 0. The first-order valence-electron chi connectivity index (χ1n) is 5.97. The molecule has 0 spiro atoms. The molecular weight excluding hydrogens is 230 g/mol. The normalized spacial score (nSPS) is 11.3. The quantitative estimate of drug-likeness (QED) is 0.790. The van der Waals surface area contributed by atoms with Crippen LogP contribution in [-0.2, 0) is 0 Å². The molecule has 0 aromatic carbocycles. The molecule has 1 aromatic heterocycles. The van der Waals surface area contributed by atoms with Crippen LogP contribution in [0, 0.1) is 6.92 Å². The lowest BCUT2D eigenvalue weighted by molar-refractivity contribution is 0.476. The molecule has 0 unspecified atom stereocenters. The number of nitrogens with one attached hydrogen (secondary N) is 1. The standard InChI is InChI=1S/C13H21N3S/c1-5-13(4,6-2)16-12-10(11(14)17)9(3)7-8-15-12/h7-8H,5-6H2,1-4H3,(H2,14,17)(H,15,16). The van der Waals surface area contributed by atoms with Crippen LogP contribution in [0.25, 0.3) is 0 Å². The third kappa shape index (κ3) is 3.16. The highest BCUT2D eigenvalue weighted by Crippen LogP contribution is 2.24. The number of hydrogen-bond donors (Lipinski definition) is 2. The van der Waals surface area contributed by atoms with Crippen molar-refractivity contribution in [1.82, 2.24) is 4.98 Å². The maximum absolute atomic E-state index is 5.77. The second kappa shape index (κ2) is 5.45. The summed E-state index contributed by atoms with van der Waals surface area (Å²) in [6, 6.07) is 1.93. The average Bonchev–Trinajstić information content (AvgIpc) is 2.28. The lowest BCUT2D eigenvalue weighted by Crippen LogP contribution is -2.34. The predicted molar refractivity (Wildman–Crippen MR) is 77.5 cm³/mol. The van der Waals surface area contributed by atoms with Gasteiger partial charge in [0, 0.05) is 11.7 Å². The Labute approximate surface area is 109 Å². The molecule has 0 fully saturated rings. The molecule has 0 aliphatic heterocycles. The third-order valence-electron chi connectivity index (χ3n) is 3.39. The van der Waals surface area contributed by atoms with Gasteiger partial charge in [0.25, 0.3) is 0 Å². The van der Waals surface area contributed by atoms with E-state index in [0.29, 0.717) is 4.99 Å². The van der Waals surface area contributed by atoms with Crippen LogP contribution in [0.5, 0.6) is 0 Å². The van der Waals surface area contributed by atoms with Gasteiger partial charge in [-0.2, -0.15) is 0 Å². The number of hydrogen-bond acceptors (Lipinski definition) is 3. The smallest absolute Gasteiger partial charge is 0.136 e. The predicted octanol–water partition coefficient (Wildman–Crippen LogP) is 3.01. The summed E-state index contributed by atoms with van der Waals surface area (Å²) >= 11 is 5.10. The number of nitrogens with two attached hydrogens (primary N) is 1. The zero-order chi connectivity index (χ0) is 13.1. The third-order valence-corrected chi connectivity index (χ3v) is 3.59. The van der Waals surface area contributed by atoms with E-state index in [1.54, 1.807) is 6.20 Å². The Hall–Kier alpha value is -1.16. The first-order chi connectivity index (χ1) is 7.93. The van der Waals surface area contributed by atoms with E-state index in [2.05, 4.69) is 31.1 Å². The fourth-order valence-electron chi connectivity index (χ4n) is 1.68. The first-order valence-corrected chi connectivity index (χ1v) is 6.38. The summed E-state index contributed by atoms with van der Waals surface area (Å²) in [5.74, 6) is 0.795. The van der Waals surface area contributed by atoms with Crippen molar-refractivity contribution in [3.8, 4) is 0 Å². The molecule has 3 nitrogen and oxygen atoms in total. The van der Waals surface area contributed by atoms with Crippen LogP contribution in [0.2, 0.25) is 0 Å². The van der Waals surface area contributed by atoms with Gasteiger partial charge in [-0.15, -0.1) is 0 Å². The number of anilines is 1. The Morgan fingerprint density at radius 2 is 2.06 bits per heavy atom. The van der Waals surface area contributed by atoms with Crippen molar-refractivity contribution in [1.29, 1.82) is 0 Å². The fourth-order valence-corrected chi connectivity index (χ4v) is 1.93. The van der Waals surface area contributed by atoms with E-state index in [4.69, 9.17) is 18.0 Å². The van der Waals surface area contributed by atoms with Crippen LogP contribution in [0.4, 0.5) is 5.82 Å². The van der Waals surface area contributed by atoms with Crippen molar-refractivity contribution in [3.05, 3.63) is 23.4 Å². The number of thiocarbonyl (C=S) groups is 1. The maximum Gasteiger partial charge on any atom is 0.136 e. The summed E-state index contributed by atoms with van der Waals surface area (Å²) in [4.78, 5) is 4.76. The first kappa shape index (κ1) is 13.9. The van der Waals surface area contributed by atoms with E-state index in [0.717, 1.165) is 29.8 Å². The zero-order valence-electron chi connectivity index (χ0n) is 11.0. The number of pyridine rings is 1. The van der Waals surface area contributed by atoms with Crippen LogP contribution in [-0.4, -0.2) is 15.5 Å². The molecular formula is C13H21N3S. The van der Waals surface area contributed by atoms with Crippen molar-refractivity contribution in [2.75, 3.05) is 5.32 Å². The molecule has 94 valence electrons. The van der Waals surface area contributed by atoms with Gasteiger partial charge in [0.1, 0.15) is 10.8 Å². The second-order valence-electron chi connectivity index (χ2n) is 4.61. The minimum atomic E-state index is 0.0281. The van der Waals surface area contributed by atoms with Crippen molar-refractivity contribution in [2.45, 2.75) is 46.1 Å². The van der Waals surface area contributed by atoms with E-state index in [-0.39, 0.29) is 5.54 Å². The largest absolute Gasteiger partial charge is 0.389 e. The number of rotatable bonds is 5. The van der Waals surface area contributed by atoms with Crippen LogP contribution < -0.4 is 11.1 Å². The van der Waals surface area contributed by atoms with E-state index in [1.807, 2.05) is 13.0 Å². The van der Waals surface area contributed by atoms with Crippen molar-refractivity contribution >= 4 is 23.0 Å². The second-order valence-corrected chi connectivity index (χ2v) is 5.05. The van der Waals surface area contributed by atoms with Gasteiger partial charge in [-0.1, -0.05) is 26.1 Å². The average molecular weight is 251 g/mol. The molecule has 0 radical (unpaired) electrons. The summed E-state index contributed by atoms with van der Waals surface area (Å²) in [5, 5.41) is 3.47. The van der Waals surface area contributed by atoms with Crippen molar-refractivity contribution < 1.29 is 0 Å². The maximum atomic E-state index is 5.77. The van der Waals surface area contributed by atoms with E-state index >= 15 is 0 Å². The summed E-state index contributed by atoms with van der Waals surface area (Å²) in [6.45, 7) is 8.50. The van der Waals surface area contributed by atoms with Crippen LogP contribution in [0.15, 0.2) is 12.3 Å².